The summed E-state index contributed by atoms with van der Waals surface area (Å²) in [5.41, 5.74) is 5.69. The minimum atomic E-state index is -0.138. The monoisotopic (exact) mass is 324 g/mol. The van der Waals surface area contributed by atoms with Crippen LogP contribution in [0.15, 0.2) is 0 Å². The molecule has 122 valence electrons. The number of hydrogen-bond acceptors (Lipinski definition) is 7. The van der Waals surface area contributed by atoms with Gasteiger partial charge in [-0.3, -0.25) is 4.79 Å². The predicted molar refractivity (Wildman–Crippen MR) is 89.7 cm³/mol. The molecule has 3 N–H and O–H groups in total. The third kappa shape index (κ3) is 4.72. The second-order valence-electron chi connectivity index (χ2n) is 5.75. The average molecular weight is 324 g/mol. The first-order valence-corrected chi connectivity index (χ1v) is 8.60. The molecule has 7 nitrogen and oxygen atoms in total. The van der Waals surface area contributed by atoms with E-state index in [1.165, 1.54) is 24.6 Å². The Balaban J connectivity index is 1.87. The van der Waals surface area contributed by atoms with Crippen molar-refractivity contribution in [3.05, 3.63) is 5.82 Å². The molecule has 1 aromatic heterocycles. The van der Waals surface area contributed by atoms with Crippen LogP contribution in [0.3, 0.4) is 0 Å². The van der Waals surface area contributed by atoms with Crippen LogP contribution in [0.5, 0.6) is 0 Å². The Kier molecular flexibility index (Phi) is 5.82. The number of nitrogens with one attached hydrogen (secondary N) is 1. The molecule has 1 saturated carbocycles. The highest BCUT2D eigenvalue weighted by Crippen LogP contribution is 2.20. The molecule has 1 aliphatic carbocycles. The number of carbonyl (C=O) groups is 1. The molecule has 1 unspecified atom stereocenters. The van der Waals surface area contributed by atoms with E-state index >= 15 is 0 Å². The van der Waals surface area contributed by atoms with Crippen molar-refractivity contribution in [3.63, 3.8) is 0 Å². The standard InChI is InChI=1S/C14H24N6OS/c1-9(12(21)16-10-6-4-5-7-10)22-8-11-17-13(15)19-14(18-11)20(2)3/h9-10H,4-8H2,1-3H3,(H,16,21)(H2,15,17,18,19). The molecule has 22 heavy (non-hydrogen) atoms. The van der Waals surface area contributed by atoms with Gasteiger partial charge < -0.3 is 16.0 Å². The lowest BCUT2D eigenvalue weighted by Crippen LogP contribution is -2.37. The van der Waals surface area contributed by atoms with Crippen molar-refractivity contribution in [2.75, 3.05) is 24.7 Å². The molecule has 1 atom stereocenters. The lowest BCUT2D eigenvalue weighted by atomic mass is 10.2. The van der Waals surface area contributed by atoms with E-state index in [-0.39, 0.29) is 17.1 Å². The van der Waals surface area contributed by atoms with E-state index in [0.717, 1.165) is 12.8 Å². The first-order valence-electron chi connectivity index (χ1n) is 7.55. The molecule has 1 heterocycles. The van der Waals surface area contributed by atoms with E-state index in [2.05, 4.69) is 20.3 Å². The molecule has 1 aliphatic rings. The fraction of sp³-hybridized carbons (Fsp3) is 0.714. The fourth-order valence-corrected chi connectivity index (χ4v) is 3.10. The summed E-state index contributed by atoms with van der Waals surface area (Å²) >= 11 is 1.51. The van der Waals surface area contributed by atoms with Gasteiger partial charge in [0.15, 0.2) is 0 Å². The van der Waals surface area contributed by atoms with Gasteiger partial charge in [0.2, 0.25) is 17.8 Å². The van der Waals surface area contributed by atoms with Crippen LogP contribution in [-0.2, 0) is 10.5 Å². The third-order valence-electron chi connectivity index (χ3n) is 3.62. The Hall–Kier alpha value is -1.57. The van der Waals surface area contributed by atoms with Crippen molar-refractivity contribution in [1.82, 2.24) is 20.3 Å². The SMILES string of the molecule is CC(SCc1nc(N)nc(N(C)C)n1)C(=O)NC1CCCC1. The van der Waals surface area contributed by atoms with Gasteiger partial charge in [-0.1, -0.05) is 12.8 Å². The van der Waals surface area contributed by atoms with Crippen molar-refractivity contribution in [2.24, 2.45) is 0 Å². The molecule has 1 amide bonds. The van der Waals surface area contributed by atoms with Gasteiger partial charge >= 0.3 is 0 Å². The number of thioether (sulfide) groups is 1. The van der Waals surface area contributed by atoms with Crippen LogP contribution in [0.4, 0.5) is 11.9 Å². The summed E-state index contributed by atoms with van der Waals surface area (Å²) in [6, 6.07) is 0.351. The van der Waals surface area contributed by atoms with Gasteiger partial charge in [0.05, 0.1) is 11.0 Å². The normalized spacial score (nSPS) is 16.5. The van der Waals surface area contributed by atoms with Crippen LogP contribution in [0, 0.1) is 0 Å². The highest BCUT2D eigenvalue weighted by molar-refractivity contribution is 7.99. The topological polar surface area (TPSA) is 97.0 Å². The third-order valence-corrected chi connectivity index (χ3v) is 4.76. The van der Waals surface area contributed by atoms with Gasteiger partial charge in [0.25, 0.3) is 0 Å². The Morgan fingerprint density at radius 1 is 1.36 bits per heavy atom. The van der Waals surface area contributed by atoms with Gasteiger partial charge in [0.1, 0.15) is 5.82 Å². The Morgan fingerprint density at radius 2 is 2.05 bits per heavy atom. The molecular weight excluding hydrogens is 300 g/mol. The number of nitrogens with zero attached hydrogens (tertiary/aromatic N) is 4. The quantitative estimate of drug-likeness (QED) is 0.811. The smallest absolute Gasteiger partial charge is 0.233 e. The van der Waals surface area contributed by atoms with E-state index in [4.69, 9.17) is 5.73 Å². The zero-order valence-corrected chi connectivity index (χ0v) is 14.2. The summed E-state index contributed by atoms with van der Waals surface area (Å²) < 4.78 is 0. The van der Waals surface area contributed by atoms with Crippen molar-refractivity contribution >= 4 is 29.6 Å². The number of carbonyl (C=O) groups excluding carboxylic acids is 1. The molecule has 0 spiro atoms. The molecule has 1 aromatic rings. The van der Waals surface area contributed by atoms with Crippen molar-refractivity contribution in [1.29, 1.82) is 0 Å². The van der Waals surface area contributed by atoms with E-state index in [9.17, 15) is 4.79 Å². The van der Waals surface area contributed by atoms with Crippen molar-refractivity contribution in [2.45, 2.75) is 49.7 Å². The molecule has 0 bridgehead atoms. The second-order valence-corrected chi connectivity index (χ2v) is 7.08. The summed E-state index contributed by atoms with van der Waals surface area (Å²) in [7, 11) is 3.70. The zero-order valence-electron chi connectivity index (χ0n) is 13.4. The number of aromatic nitrogens is 3. The zero-order chi connectivity index (χ0) is 16.1. The molecule has 0 aliphatic heterocycles. The van der Waals surface area contributed by atoms with Gasteiger partial charge in [-0.2, -0.15) is 15.0 Å². The number of rotatable bonds is 6. The van der Waals surface area contributed by atoms with Crippen molar-refractivity contribution in [3.8, 4) is 0 Å². The van der Waals surface area contributed by atoms with Crippen LogP contribution < -0.4 is 16.0 Å². The summed E-state index contributed by atoms with van der Waals surface area (Å²) in [6.07, 6.45) is 4.62. The van der Waals surface area contributed by atoms with Gasteiger partial charge in [0, 0.05) is 20.1 Å². The van der Waals surface area contributed by atoms with Gasteiger partial charge in [-0.25, -0.2) is 0 Å². The van der Waals surface area contributed by atoms with Crippen LogP contribution in [0.25, 0.3) is 0 Å². The fourth-order valence-electron chi connectivity index (χ4n) is 2.35. The Labute approximate surface area is 135 Å². The van der Waals surface area contributed by atoms with E-state index in [1.807, 2.05) is 21.0 Å². The van der Waals surface area contributed by atoms with E-state index < -0.39 is 0 Å². The van der Waals surface area contributed by atoms with Crippen molar-refractivity contribution < 1.29 is 4.79 Å². The number of nitrogens with two attached hydrogens (primary N) is 1. The lowest BCUT2D eigenvalue weighted by Gasteiger charge is -2.16. The van der Waals surface area contributed by atoms with Crippen LogP contribution in [0.1, 0.15) is 38.4 Å². The minimum Gasteiger partial charge on any atom is -0.368 e. The maximum Gasteiger partial charge on any atom is 0.233 e. The minimum absolute atomic E-state index is 0.0896. The second kappa shape index (κ2) is 7.62. The van der Waals surface area contributed by atoms with Crippen LogP contribution >= 0.6 is 11.8 Å². The Morgan fingerprint density at radius 3 is 2.68 bits per heavy atom. The molecule has 0 aromatic carbocycles. The van der Waals surface area contributed by atoms with E-state index in [0.29, 0.717) is 23.6 Å². The number of hydrogen-bond donors (Lipinski definition) is 2. The first kappa shape index (κ1) is 16.8. The molecule has 1 fully saturated rings. The number of nitrogen functional groups attached to an aromatic ring is 1. The highest BCUT2D eigenvalue weighted by atomic mass is 32.2. The summed E-state index contributed by atoms with van der Waals surface area (Å²) in [6.45, 7) is 1.91. The van der Waals surface area contributed by atoms with Crippen LogP contribution in [0.2, 0.25) is 0 Å². The molecular formula is C14H24N6OS. The summed E-state index contributed by atoms with van der Waals surface area (Å²) in [5, 5.41) is 2.97. The van der Waals surface area contributed by atoms with Gasteiger partial charge in [-0.15, -0.1) is 11.8 Å². The highest BCUT2D eigenvalue weighted by Gasteiger charge is 2.21. The lowest BCUT2D eigenvalue weighted by molar-refractivity contribution is -0.120. The Bertz CT molecular complexity index is 518. The average Bonchev–Trinajstić information content (AvgIpc) is 2.97. The molecule has 0 radical (unpaired) electrons. The maximum absolute atomic E-state index is 12.1. The number of amides is 1. The molecule has 2 rings (SSSR count). The largest absolute Gasteiger partial charge is 0.368 e. The molecule has 0 saturated heterocycles. The first-order chi connectivity index (χ1) is 10.5. The summed E-state index contributed by atoms with van der Waals surface area (Å²) in [4.78, 5) is 26.4. The summed E-state index contributed by atoms with van der Waals surface area (Å²) in [5.74, 6) is 1.96. The van der Waals surface area contributed by atoms with E-state index in [1.54, 1.807) is 4.90 Å². The number of anilines is 2. The van der Waals surface area contributed by atoms with Gasteiger partial charge in [-0.05, 0) is 19.8 Å². The predicted octanol–water partition coefficient (Wildman–Crippen LogP) is 1.20. The molecule has 8 heteroatoms. The maximum atomic E-state index is 12.1. The van der Waals surface area contributed by atoms with Crippen LogP contribution in [-0.4, -0.2) is 46.2 Å².